The number of hydrogen-bond donors (Lipinski definition) is 0. The topological polar surface area (TPSA) is 18.5 Å². The monoisotopic (exact) mass is 448 g/mol. The van der Waals surface area contributed by atoms with Crippen LogP contribution in [-0.2, 0) is 9.47 Å². The minimum absolute atomic E-state index is 0.101. The molecule has 0 N–H and O–H groups in total. The van der Waals surface area contributed by atoms with Gasteiger partial charge in [0.1, 0.15) is 13.2 Å². The van der Waals surface area contributed by atoms with Crippen molar-refractivity contribution in [1.82, 2.24) is 0 Å². The highest BCUT2D eigenvalue weighted by Gasteiger charge is 2.38. The van der Waals surface area contributed by atoms with E-state index in [1.165, 1.54) is 19.3 Å². The van der Waals surface area contributed by atoms with Crippen molar-refractivity contribution in [2.24, 2.45) is 11.3 Å². The lowest BCUT2D eigenvalue weighted by atomic mass is 9.81. The molecule has 2 nitrogen and oxygen atoms in total. The molecule has 0 rings (SSSR count). The maximum atomic E-state index is 12.4. The van der Waals surface area contributed by atoms with Crippen LogP contribution < -0.4 is 0 Å². The summed E-state index contributed by atoms with van der Waals surface area (Å²) in [5.41, 5.74) is 0.262. The summed E-state index contributed by atoms with van der Waals surface area (Å²) in [6, 6.07) is 0. The molecule has 0 aliphatic heterocycles. The second-order valence-electron chi connectivity index (χ2n) is 9.29. The van der Waals surface area contributed by atoms with Gasteiger partial charge in [0, 0.05) is 6.42 Å². The first-order valence-electron chi connectivity index (χ1n) is 10.6. The lowest BCUT2D eigenvalue weighted by Crippen LogP contribution is -2.39. The van der Waals surface area contributed by atoms with E-state index in [1.807, 2.05) is 6.08 Å². The van der Waals surface area contributed by atoms with E-state index in [1.54, 1.807) is 6.08 Å². The third-order valence-electron chi connectivity index (χ3n) is 4.87. The fourth-order valence-corrected chi connectivity index (χ4v) is 3.05. The average Bonchev–Trinajstić information content (AvgIpc) is 2.56. The Hall–Kier alpha value is -0.760. The summed E-state index contributed by atoms with van der Waals surface area (Å²) in [4.78, 5) is 0. The molecule has 0 atom stereocenters. The Labute approximate surface area is 177 Å². The van der Waals surface area contributed by atoms with Crippen LogP contribution in [0.25, 0.3) is 0 Å². The first kappa shape index (κ1) is 29.2. The molecule has 0 bridgehead atoms. The summed E-state index contributed by atoms with van der Waals surface area (Å²) < 4.78 is 83.6. The molecule has 0 aliphatic rings. The summed E-state index contributed by atoms with van der Waals surface area (Å²) in [6.45, 7) is 6.72. The zero-order valence-corrected chi connectivity index (χ0v) is 18.9. The number of allylic oxidation sites excluding steroid dienone is 2. The molecular formula is C22H38F6O2. The molecular weight excluding hydrogens is 410 g/mol. The van der Waals surface area contributed by atoms with Crippen molar-refractivity contribution in [3.63, 3.8) is 0 Å². The lowest BCUT2D eigenvalue weighted by Gasteiger charge is -2.30. The fourth-order valence-electron chi connectivity index (χ4n) is 3.05. The minimum atomic E-state index is -4.64. The summed E-state index contributed by atoms with van der Waals surface area (Å²) in [5, 5.41) is 0. The van der Waals surface area contributed by atoms with Crippen LogP contribution in [0, 0.1) is 11.3 Å². The Kier molecular flexibility index (Phi) is 12.6. The molecule has 8 heteroatoms. The molecule has 0 saturated carbocycles. The lowest BCUT2D eigenvalue weighted by molar-refractivity contribution is -0.305. The van der Waals surface area contributed by atoms with E-state index < -0.39 is 31.4 Å². The number of unbranched alkanes of at least 4 members (excludes halogenated alkanes) is 1. The van der Waals surface area contributed by atoms with Gasteiger partial charge in [-0.2, -0.15) is 26.3 Å². The zero-order valence-electron chi connectivity index (χ0n) is 18.9. The number of alkyl halides is 6. The molecule has 0 aliphatic carbocycles. The van der Waals surface area contributed by atoms with Crippen molar-refractivity contribution in [3.05, 3.63) is 12.2 Å². The van der Waals surface area contributed by atoms with Crippen LogP contribution in [0.1, 0.15) is 86.0 Å². The average molecular weight is 449 g/mol. The van der Waals surface area contributed by atoms with Crippen LogP contribution in [0.2, 0.25) is 0 Å². The Morgan fingerprint density at radius 2 is 1.17 bits per heavy atom. The SMILES string of the molecule is CC(C)CCCC(C)(C)CCC/C=C/CCC(C)(OCC(F)(F)F)OCC(F)(F)F. The largest absolute Gasteiger partial charge is 0.411 e. The second-order valence-corrected chi connectivity index (χ2v) is 9.29. The quantitative estimate of drug-likeness (QED) is 0.109. The third kappa shape index (κ3) is 18.0. The third-order valence-corrected chi connectivity index (χ3v) is 4.87. The highest BCUT2D eigenvalue weighted by Crippen LogP contribution is 2.31. The van der Waals surface area contributed by atoms with Crippen molar-refractivity contribution >= 4 is 0 Å². The highest BCUT2D eigenvalue weighted by molar-refractivity contribution is 4.84. The molecule has 0 aromatic heterocycles. The van der Waals surface area contributed by atoms with E-state index in [2.05, 4.69) is 37.2 Å². The van der Waals surface area contributed by atoms with Crippen molar-refractivity contribution in [1.29, 1.82) is 0 Å². The molecule has 0 saturated heterocycles. The summed E-state index contributed by atoms with van der Waals surface area (Å²) >= 11 is 0. The van der Waals surface area contributed by atoms with Crippen LogP contribution in [0.5, 0.6) is 0 Å². The van der Waals surface area contributed by atoms with Crippen LogP contribution in [0.3, 0.4) is 0 Å². The molecule has 0 amide bonds. The van der Waals surface area contributed by atoms with Crippen LogP contribution in [0.4, 0.5) is 26.3 Å². The van der Waals surface area contributed by atoms with Gasteiger partial charge in [-0.3, -0.25) is 0 Å². The minimum Gasteiger partial charge on any atom is -0.341 e. The van der Waals surface area contributed by atoms with Crippen molar-refractivity contribution in [2.45, 2.75) is 104 Å². The number of hydrogen-bond acceptors (Lipinski definition) is 2. The van der Waals surface area contributed by atoms with Gasteiger partial charge in [0.15, 0.2) is 5.79 Å². The van der Waals surface area contributed by atoms with E-state index in [9.17, 15) is 26.3 Å². The number of halogens is 6. The smallest absolute Gasteiger partial charge is 0.341 e. The van der Waals surface area contributed by atoms with Gasteiger partial charge < -0.3 is 9.47 Å². The van der Waals surface area contributed by atoms with Gasteiger partial charge in [0.2, 0.25) is 0 Å². The molecule has 180 valence electrons. The van der Waals surface area contributed by atoms with Crippen molar-refractivity contribution in [3.8, 4) is 0 Å². The Morgan fingerprint density at radius 3 is 1.63 bits per heavy atom. The van der Waals surface area contributed by atoms with Gasteiger partial charge in [-0.05, 0) is 50.4 Å². The molecule has 0 fully saturated rings. The second kappa shape index (κ2) is 12.9. The Balaban J connectivity index is 4.36. The summed E-state index contributed by atoms with van der Waals surface area (Å²) in [6.07, 6.45) is 1.02. The van der Waals surface area contributed by atoms with Crippen molar-refractivity contribution in [2.75, 3.05) is 13.2 Å². The van der Waals surface area contributed by atoms with Gasteiger partial charge in [-0.25, -0.2) is 0 Å². The van der Waals surface area contributed by atoms with Gasteiger partial charge in [0.05, 0.1) is 0 Å². The maximum Gasteiger partial charge on any atom is 0.411 e. The molecule has 0 heterocycles. The van der Waals surface area contributed by atoms with Gasteiger partial charge in [-0.1, -0.05) is 52.7 Å². The van der Waals surface area contributed by atoms with Crippen LogP contribution in [-0.4, -0.2) is 31.4 Å². The number of ether oxygens (including phenoxy) is 2. The van der Waals surface area contributed by atoms with Crippen molar-refractivity contribution < 1.29 is 35.8 Å². The fraction of sp³-hybridized carbons (Fsp3) is 0.909. The normalized spacial score (nSPS) is 14.3. The molecule has 0 aromatic carbocycles. The van der Waals surface area contributed by atoms with Gasteiger partial charge in [0.25, 0.3) is 0 Å². The predicted molar refractivity (Wildman–Crippen MR) is 107 cm³/mol. The molecule has 0 unspecified atom stereocenters. The first-order valence-corrected chi connectivity index (χ1v) is 10.6. The first-order chi connectivity index (χ1) is 13.5. The summed E-state index contributed by atoms with van der Waals surface area (Å²) in [5.74, 6) is -1.25. The molecule has 0 radical (unpaired) electrons. The summed E-state index contributed by atoms with van der Waals surface area (Å²) in [7, 11) is 0. The van der Waals surface area contributed by atoms with Crippen LogP contribution in [0.15, 0.2) is 12.2 Å². The zero-order chi connectivity index (χ0) is 23.5. The van der Waals surface area contributed by atoms with Crippen LogP contribution >= 0.6 is 0 Å². The molecule has 0 spiro atoms. The van der Waals surface area contributed by atoms with E-state index in [4.69, 9.17) is 0 Å². The molecule has 30 heavy (non-hydrogen) atoms. The van der Waals surface area contributed by atoms with Gasteiger partial charge in [-0.15, -0.1) is 0 Å². The van der Waals surface area contributed by atoms with E-state index in [-0.39, 0.29) is 18.3 Å². The van der Waals surface area contributed by atoms with E-state index in [0.717, 1.165) is 26.2 Å². The highest BCUT2D eigenvalue weighted by atomic mass is 19.4. The van der Waals surface area contributed by atoms with E-state index in [0.29, 0.717) is 5.92 Å². The Bertz CT molecular complexity index is 463. The predicted octanol–water partition coefficient (Wildman–Crippen LogP) is 8.22. The standard InChI is InChI=1S/C22H38F6O2/c1-18(2)12-11-14-19(3,4)13-9-7-6-8-10-15-20(5,29-16-21(23,24)25)30-17-22(26,27)28/h6,8,18H,7,9-17H2,1-5H3/b8-6+. The Morgan fingerprint density at radius 1 is 0.700 bits per heavy atom. The maximum absolute atomic E-state index is 12.4. The van der Waals surface area contributed by atoms with E-state index >= 15 is 0 Å². The number of rotatable bonds is 15. The van der Waals surface area contributed by atoms with Gasteiger partial charge >= 0.3 is 12.4 Å². The molecule has 0 aromatic rings.